The average Bonchev–Trinajstić information content (AvgIpc) is 2.73. The van der Waals surface area contributed by atoms with Crippen LogP contribution in [-0.2, 0) is 12.8 Å². The van der Waals surface area contributed by atoms with Gasteiger partial charge in [0, 0.05) is 30.2 Å². The molecule has 0 fully saturated rings. The Kier molecular flexibility index (Phi) is 12.4. The van der Waals surface area contributed by atoms with Crippen LogP contribution < -0.4 is 24.8 Å². The maximum Gasteiger partial charge on any atom is 0.203 e. The zero-order valence-electron chi connectivity index (χ0n) is 18.0. The van der Waals surface area contributed by atoms with Crippen LogP contribution in [0.5, 0.6) is 17.2 Å². The van der Waals surface area contributed by atoms with Crippen molar-refractivity contribution < 1.29 is 14.2 Å². The van der Waals surface area contributed by atoms with E-state index in [0.29, 0.717) is 30.2 Å². The van der Waals surface area contributed by atoms with Crippen LogP contribution in [0.25, 0.3) is 0 Å². The van der Waals surface area contributed by atoms with Crippen molar-refractivity contribution in [3.63, 3.8) is 0 Å². The summed E-state index contributed by atoms with van der Waals surface area (Å²) in [6.45, 7) is 4.22. The molecule has 0 atom stereocenters. The molecule has 0 heterocycles. The molecule has 0 spiro atoms. The lowest BCUT2D eigenvalue weighted by Crippen LogP contribution is -2.38. The number of aliphatic imine (C=N–C) groups is 1. The Morgan fingerprint density at radius 2 is 1.73 bits per heavy atom. The van der Waals surface area contributed by atoms with Gasteiger partial charge in [0.25, 0.3) is 0 Å². The van der Waals surface area contributed by atoms with Gasteiger partial charge in [-0.25, -0.2) is 0 Å². The van der Waals surface area contributed by atoms with Gasteiger partial charge in [0.05, 0.1) is 21.3 Å². The predicted octanol–water partition coefficient (Wildman–Crippen LogP) is 4.32. The van der Waals surface area contributed by atoms with Gasteiger partial charge >= 0.3 is 0 Å². The van der Waals surface area contributed by atoms with E-state index >= 15 is 0 Å². The van der Waals surface area contributed by atoms with E-state index in [0.717, 1.165) is 36.1 Å². The first-order valence-corrected chi connectivity index (χ1v) is 10.0. The highest BCUT2D eigenvalue weighted by atomic mass is 127. The predicted molar refractivity (Wildman–Crippen MR) is 134 cm³/mol. The quantitative estimate of drug-likeness (QED) is 0.264. The second-order valence-corrected chi connectivity index (χ2v) is 6.75. The van der Waals surface area contributed by atoms with Crippen LogP contribution in [0, 0.1) is 0 Å². The van der Waals surface area contributed by atoms with Crippen molar-refractivity contribution in [1.82, 2.24) is 10.6 Å². The fraction of sp³-hybridized carbons (Fsp3) is 0.409. The Morgan fingerprint density at radius 3 is 2.37 bits per heavy atom. The van der Waals surface area contributed by atoms with Crippen LogP contribution in [-0.4, -0.2) is 46.9 Å². The van der Waals surface area contributed by atoms with Crippen LogP contribution >= 0.6 is 35.6 Å². The number of nitrogens with one attached hydrogen (secondary N) is 2. The van der Waals surface area contributed by atoms with Gasteiger partial charge in [0.2, 0.25) is 5.75 Å². The molecule has 0 saturated heterocycles. The van der Waals surface area contributed by atoms with Crippen molar-refractivity contribution in [3.05, 3.63) is 52.5 Å². The van der Waals surface area contributed by atoms with Crippen LogP contribution in [0.4, 0.5) is 0 Å². The second kappa shape index (κ2) is 14.2. The molecule has 2 rings (SSSR count). The summed E-state index contributed by atoms with van der Waals surface area (Å²) in [5.74, 6) is 2.71. The van der Waals surface area contributed by atoms with E-state index in [1.165, 1.54) is 5.56 Å². The van der Waals surface area contributed by atoms with Gasteiger partial charge in [-0.05, 0) is 43.5 Å². The number of guanidine groups is 1. The summed E-state index contributed by atoms with van der Waals surface area (Å²) >= 11 is 6.04. The van der Waals surface area contributed by atoms with Gasteiger partial charge in [-0.3, -0.25) is 4.99 Å². The van der Waals surface area contributed by atoms with Crippen LogP contribution in [0.3, 0.4) is 0 Å². The molecule has 8 heteroatoms. The second-order valence-electron chi connectivity index (χ2n) is 6.31. The van der Waals surface area contributed by atoms with Gasteiger partial charge in [0.1, 0.15) is 0 Å². The Balaban J connectivity index is 0.00000450. The average molecular weight is 548 g/mol. The summed E-state index contributed by atoms with van der Waals surface area (Å²) < 4.78 is 16.3. The highest BCUT2D eigenvalue weighted by Gasteiger charge is 2.15. The van der Waals surface area contributed by atoms with Crippen molar-refractivity contribution in [2.75, 3.05) is 41.0 Å². The lowest BCUT2D eigenvalue weighted by Gasteiger charge is -2.15. The molecule has 0 unspecified atom stereocenters. The number of ether oxygens (including phenoxy) is 3. The first-order chi connectivity index (χ1) is 14.1. The van der Waals surface area contributed by atoms with Gasteiger partial charge in [0.15, 0.2) is 17.5 Å². The Hall–Kier alpha value is -1.87. The third-order valence-electron chi connectivity index (χ3n) is 4.38. The SMILES string of the molecule is CCNC(=NCCc1ccc(OC)c(OC)c1OC)NCCc1cccc(Cl)c1.I. The fourth-order valence-electron chi connectivity index (χ4n) is 3.01. The molecule has 30 heavy (non-hydrogen) atoms. The largest absolute Gasteiger partial charge is 0.493 e. The Labute approximate surface area is 201 Å². The first kappa shape index (κ1) is 26.2. The zero-order valence-corrected chi connectivity index (χ0v) is 21.0. The molecule has 0 aromatic heterocycles. The monoisotopic (exact) mass is 547 g/mol. The normalized spacial score (nSPS) is 10.8. The molecule has 0 bridgehead atoms. The molecule has 2 N–H and O–H groups in total. The van der Waals surface area contributed by atoms with Crippen molar-refractivity contribution >= 4 is 41.5 Å². The topological polar surface area (TPSA) is 64.1 Å². The number of halogens is 2. The highest BCUT2D eigenvalue weighted by molar-refractivity contribution is 14.0. The van der Waals surface area contributed by atoms with E-state index in [1.807, 2.05) is 37.3 Å². The van der Waals surface area contributed by atoms with Crippen LogP contribution in [0.15, 0.2) is 41.4 Å². The molecular weight excluding hydrogens is 517 g/mol. The summed E-state index contributed by atoms with van der Waals surface area (Å²) in [5, 5.41) is 7.39. The number of hydrogen-bond donors (Lipinski definition) is 2. The Morgan fingerprint density at radius 1 is 0.967 bits per heavy atom. The molecule has 0 aliphatic heterocycles. The van der Waals surface area contributed by atoms with Gasteiger partial charge in [-0.15, -0.1) is 24.0 Å². The van der Waals surface area contributed by atoms with Gasteiger partial charge < -0.3 is 24.8 Å². The molecule has 6 nitrogen and oxygen atoms in total. The van der Waals surface area contributed by atoms with E-state index in [1.54, 1.807) is 21.3 Å². The number of methoxy groups -OCH3 is 3. The number of hydrogen-bond acceptors (Lipinski definition) is 4. The fourth-order valence-corrected chi connectivity index (χ4v) is 3.22. The lowest BCUT2D eigenvalue weighted by atomic mass is 10.1. The molecule has 0 radical (unpaired) electrons. The first-order valence-electron chi connectivity index (χ1n) is 9.67. The molecule has 166 valence electrons. The van der Waals surface area contributed by atoms with E-state index < -0.39 is 0 Å². The van der Waals surface area contributed by atoms with Crippen LogP contribution in [0.1, 0.15) is 18.1 Å². The summed E-state index contributed by atoms with van der Waals surface area (Å²) in [4.78, 5) is 4.67. The van der Waals surface area contributed by atoms with E-state index in [2.05, 4.69) is 21.7 Å². The molecule has 0 aliphatic carbocycles. The smallest absolute Gasteiger partial charge is 0.203 e. The Bertz CT molecular complexity index is 818. The van der Waals surface area contributed by atoms with E-state index in [9.17, 15) is 0 Å². The maximum absolute atomic E-state index is 6.04. The van der Waals surface area contributed by atoms with E-state index in [4.69, 9.17) is 25.8 Å². The van der Waals surface area contributed by atoms with Crippen molar-refractivity contribution in [2.45, 2.75) is 19.8 Å². The van der Waals surface area contributed by atoms with E-state index in [-0.39, 0.29) is 24.0 Å². The highest BCUT2D eigenvalue weighted by Crippen LogP contribution is 2.39. The van der Waals surface area contributed by atoms with Gasteiger partial charge in [-0.2, -0.15) is 0 Å². The third-order valence-corrected chi connectivity index (χ3v) is 4.61. The molecule has 0 saturated carbocycles. The van der Waals surface area contributed by atoms with Crippen molar-refractivity contribution in [1.29, 1.82) is 0 Å². The molecule has 0 amide bonds. The van der Waals surface area contributed by atoms with Crippen molar-refractivity contribution in [2.24, 2.45) is 4.99 Å². The summed E-state index contributed by atoms with van der Waals surface area (Å²) in [6.07, 6.45) is 1.59. The standard InChI is InChI=1S/C22H30ClN3O3.HI/c1-5-24-22(25-13-11-16-7-6-8-18(23)15-16)26-14-12-17-9-10-19(27-2)21(29-4)20(17)28-3;/h6-10,15H,5,11-14H2,1-4H3,(H2,24,25,26);1H. The summed E-state index contributed by atoms with van der Waals surface area (Å²) in [5.41, 5.74) is 2.21. The number of nitrogens with zero attached hydrogens (tertiary/aromatic N) is 1. The number of rotatable bonds is 10. The summed E-state index contributed by atoms with van der Waals surface area (Å²) in [6, 6.07) is 11.8. The lowest BCUT2D eigenvalue weighted by molar-refractivity contribution is 0.322. The maximum atomic E-state index is 6.04. The molecular formula is C22H31ClIN3O3. The van der Waals surface area contributed by atoms with Gasteiger partial charge in [-0.1, -0.05) is 29.8 Å². The minimum atomic E-state index is 0. The molecule has 2 aromatic rings. The zero-order chi connectivity index (χ0) is 21.1. The summed E-state index contributed by atoms with van der Waals surface area (Å²) in [7, 11) is 4.85. The van der Waals surface area contributed by atoms with Crippen LogP contribution in [0.2, 0.25) is 5.02 Å². The van der Waals surface area contributed by atoms with Crippen molar-refractivity contribution in [3.8, 4) is 17.2 Å². The molecule has 2 aromatic carbocycles. The molecule has 0 aliphatic rings. The minimum Gasteiger partial charge on any atom is -0.493 e. The minimum absolute atomic E-state index is 0. The third kappa shape index (κ3) is 7.75. The number of benzene rings is 2.